The lowest BCUT2D eigenvalue weighted by Gasteiger charge is -2.20. The van der Waals surface area contributed by atoms with Crippen LogP contribution < -0.4 is 5.32 Å². The number of carbonyl (C=O) groups is 1. The van der Waals surface area contributed by atoms with Gasteiger partial charge in [-0.25, -0.2) is 19.4 Å². The van der Waals surface area contributed by atoms with Gasteiger partial charge in [0.15, 0.2) is 22.1 Å². The van der Waals surface area contributed by atoms with Crippen LogP contribution in [0.3, 0.4) is 0 Å². The summed E-state index contributed by atoms with van der Waals surface area (Å²) in [7, 11) is 0. The molecule has 11 nitrogen and oxygen atoms in total. The number of nitrogens with one attached hydrogen (secondary N) is 1. The molecule has 3 aromatic rings. The molecule has 1 aromatic carbocycles. The molecule has 2 aliphatic carbocycles. The predicted molar refractivity (Wildman–Crippen MR) is 126 cm³/mol. The fourth-order valence-corrected chi connectivity index (χ4v) is 4.87. The first-order valence-electron chi connectivity index (χ1n) is 11.2. The average Bonchev–Trinajstić information content (AvgIpc) is 3.36. The molecule has 2 aliphatic rings. The fraction of sp³-hybridized carbons (Fsp3) is 0.500. The highest BCUT2D eigenvalue weighted by Crippen LogP contribution is 2.48. The van der Waals surface area contributed by atoms with Gasteiger partial charge in [0.2, 0.25) is 0 Å². The number of fused-ring (bicyclic) bond motifs is 1. The number of rotatable bonds is 7. The van der Waals surface area contributed by atoms with Gasteiger partial charge in [-0.05, 0) is 37.7 Å². The Kier molecular flexibility index (Phi) is 7.19. The lowest BCUT2D eigenvalue weighted by Crippen LogP contribution is -2.28. The van der Waals surface area contributed by atoms with E-state index in [0.717, 1.165) is 25.0 Å². The zero-order valence-electron chi connectivity index (χ0n) is 18.7. The van der Waals surface area contributed by atoms with Crippen molar-refractivity contribution in [2.45, 2.75) is 68.0 Å². The molecule has 0 spiro atoms. The summed E-state index contributed by atoms with van der Waals surface area (Å²) in [6.07, 6.45) is 0.816. The minimum Gasteiger partial charge on any atom is -0.450 e. The molecule has 0 amide bonds. The summed E-state index contributed by atoms with van der Waals surface area (Å²) < 4.78 is 1.67. The number of aliphatic hydroxyl groups excluding tert-OH is 2. The van der Waals surface area contributed by atoms with Gasteiger partial charge in [0.1, 0.15) is 6.10 Å². The van der Waals surface area contributed by atoms with Crippen LogP contribution in [0.25, 0.3) is 11.2 Å². The molecular formula is C22H28N6O5S. The molecule has 2 heterocycles. The third-order valence-corrected chi connectivity index (χ3v) is 7.09. The Labute approximate surface area is 200 Å². The molecule has 3 atom stereocenters. The fourth-order valence-electron chi connectivity index (χ4n) is 4.18. The van der Waals surface area contributed by atoms with Gasteiger partial charge in [0, 0.05) is 5.75 Å². The minimum atomic E-state index is -1.83. The smallest absolute Gasteiger partial charge is 0.450 e. The van der Waals surface area contributed by atoms with E-state index in [2.05, 4.69) is 46.8 Å². The van der Waals surface area contributed by atoms with Crippen LogP contribution in [0.2, 0.25) is 0 Å². The average molecular weight is 489 g/mol. The number of hydrogen-bond acceptors (Lipinski definition) is 9. The van der Waals surface area contributed by atoms with E-state index in [1.54, 1.807) is 16.4 Å². The lowest BCUT2D eigenvalue weighted by atomic mass is 10.1. The summed E-state index contributed by atoms with van der Waals surface area (Å²) in [6, 6.07) is 10.1. The molecule has 182 valence electrons. The SMILES string of the molecule is CCCSc1nc(NC2(c3ccccc3)CC2)c2nnn([C@@H]3CC[C@@H](O)[C@H]3O)c2n1.O=C(O)O. The van der Waals surface area contributed by atoms with Gasteiger partial charge < -0.3 is 25.7 Å². The summed E-state index contributed by atoms with van der Waals surface area (Å²) in [5.41, 5.74) is 2.31. The van der Waals surface area contributed by atoms with Crippen LogP contribution in [0.15, 0.2) is 35.5 Å². The van der Waals surface area contributed by atoms with Gasteiger partial charge >= 0.3 is 6.16 Å². The van der Waals surface area contributed by atoms with Gasteiger partial charge in [-0.15, -0.1) is 5.10 Å². The van der Waals surface area contributed by atoms with Crippen LogP contribution in [0.5, 0.6) is 0 Å². The summed E-state index contributed by atoms with van der Waals surface area (Å²) in [5.74, 6) is 1.60. The first-order valence-corrected chi connectivity index (χ1v) is 12.2. The number of carboxylic acid groups (broad SMARTS) is 2. The molecule has 0 aliphatic heterocycles. The number of nitrogens with zero attached hydrogens (tertiary/aromatic N) is 5. The number of benzene rings is 1. The Morgan fingerprint density at radius 1 is 1.18 bits per heavy atom. The van der Waals surface area contributed by atoms with E-state index in [1.165, 1.54) is 5.56 Å². The van der Waals surface area contributed by atoms with Crippen molar-refractivity contribution in [3.8, 4) is 0 Å². The van der Waals surface area contributed by atoms with Gasteiger partial charge in [-0.3, -0.25) is 0 Å². The molecule has 5 rings (SSSR count). The van der Waals surface area contributed by atoms with E-state index in [-0.39, 0.29) is 11.6 Å². The second-order valence-electron chi connectivity index (χ2n) is 8.47. The number of aromatic nitrogens is 5. The Bertz CT molecular complexity index is 1140. The second-order valence-corrected chi connectivity index (χ2v) is 9.53. The standard InChI is InChI=1S/C21H26N6O2S.CH2O3/c1-2-12-30-20-22-18(24-21(10-11-21)13-6-4-3-5-7-13)16-19(23-20)27(26-25-16)14-8-9-15(28)17(14)29;2-1(3)4/h3-7,14-15,17,28-29H,2,8-12H2,1H3,(H,22,23,24);(H2,2,3,4)/t14-,15-,17+;/m1./s1. The third-order valence-electron chi connectivity index (χ3n) is 6.03. The minimum absolute atomic E-state index is 0.137. The molecule has 2 aromatic heterocycles. The van der Waals surface area contributed by atoms with Crippen LogP contribution in [-0.4, -0.2) is 69.5 Å². The highest BCUT2D eigenvalue weighted by Gasteiger charge is 2.45. The zero-order valence-corrected chi connectivity index (χ0v) is 19.5. The van der Waals surface area contributed by atoms with Crippen molar-refractivity contribution in [1.29, 1.82) is 0 Å². The molecular weight excluding hydrogens is 460 g/mol. The Hall–Kier alpha value is -2.96. The Balaban J connectivity index is 0.000000636. The van der Waals surface area contributed by atoms with Gasteiger partial charge in [-0.1, -0.05) is 54.2 Å². The first-order chi connectivity index (χ1) is 16.3. The van der Waals surface area contributed by atoms with E-state index in [1.807, 2.05) is 6.07 Å². The largest absolute Gasteiger partial charge is 0.503 e. The molecule has 2 fully saturated rings. The van der Waals surface area contributed by atoms with Crippen LogP contribution in [0, 0.1) is 0 Å². The second kappa shape index (κ2) is 10.1. The van der Waals surface area contributed by atoms with Gasteiger partial charge in [-0.2, -0.15) is 0 Å². The molecule has 12 heteroatoms. The monoisotopic (exact) mass is 488 g/mol. The molecule has 34 heavy (non-hydrogen) atoms. The Morgan fingerprint density at radius 3 is 2.47 bits per heavy atom. The molecule has 0 unspecified atom stereocenters. The van der Waals surface area contributed by atoms with Crippen LogP contribution >= 0.6 is 11.8 Å². The van der Waals surface area contributed by atoms with Crippen LogP contribution in [-0.2, 0) is 5.54 Å². The van der Waals surface area contributed by atoms with Gasteiger partial charge in [0.25, 0.3) is 0 Å². The van der Waals surface area contributed by atoms with E-state index in [0.29, 0.717) is 35.0 Å². The highest BCUT2D eigenvalue weighted by molar-refractivity contribution is 7.99. The van der Waals surface area contributed by atoms with Gasteiger partial charge in [0.05, 0.1) is 17.7 Å². The van der Waals surface area contributed by atoms with Crippen molar-refractivity contribution in [2.75, 3.05) is 11.1 Å². The molecule has 0 bridgehead atoms. The predicted octanol–water partition coefficient (Wildman–Crippen LogP) is 3.10. The Morgan fingerprint density at radius 2 is 1.88 bits per heavy atom. The van der Waals surface area contributed by atoms with Crippen molar-refractivity contribution in [3.63, 3.8) is 0 Å². The summed E-state index contributed by atoms with van der Waals surface area (Å²) >= 11 is 1.60. The molecule has 0 saturated heterocycles. The first kappa shape index (κ1) is 24.2. The van der Waals surface area contributed by atoms with Crippen molar-refractivity contribution < 1.29 is 25.2 Å². The van der Waals surface area contributed by atoms with E-state index < -0.39 is 18.4 Å². The van der Waals surface area contributed by atoms with Crippen molar-refractivity contribution in [2.24, 2.45) is 0 Å². The van der Waals surface area contributed by atoms with Crippen LogP contribution in [0.4, 0.5) is 10.6 Å². The summed E-state index contributed by atoms with van der Waals surface area (Å²) in [4.78, 5) is 18.0. The van der Waals surface area contributed by atoms with E-state index in [4.69, 9.17) is 25.0 Å². The molecule has 5 N–H and O–H groups in total. The maximum absolute atomic E-state index is 10.4. The third kappa shape index (κ3) is 5.08. The van der Waals surface area contributed by atoms with Crippen LogP contribution in [0.1, 0.15) is 50.6 Å². The molecule has 2 saturated carbocycles. The highest BCUT2D eigenvalue weighted by atomic mass is 32.2. The van der Waals surface area contributed by atoms with Crippen molar-refractivity contribution in [1.82, 2.24) is 25.0 Å². The van der Waals surface area contributed by atoms with E-state index >= 15 is 0 Å². The van der Waals surface area contributed by atoms with Crippen molar-refractivity contribution in [3.05, 3.63) is 35.9 Å². The van der Waals surface area contributed by atoms with Crippen molar-refractivity contribution >= 4 is 34.9 Å². The zero-order chi connectivity index (χ0) is 24.3. The molecule has 0 radical (unpaired) electrons. The lowest BCUT2D eigenvalue weighted by molar-refractivity contribution is 0.0215. The number of anilines is 1. The summed E-state index contributed by atoms with van der Waals surface area (Å²) in [6.45, 7) is 2.13. The topological polar surface area (TPSA) is 167 Å². The number of aliphatic hydroxyl groups is 2. The summed E-state index contributed by atoms with van der Waals surface area (Å²) in [5, 5.41) is 47.3. The maximum atomic E-state index is 10.4. The number of hydrogen-bond donors (Lipinski definition) is 5. The normalized spacial score (nSPS) is 22.7. The van der Waals surface area contributed by atoms with E-state index in [9.17, 15) is 10.2 Å². The maximum Gasteiger partial charge on any atom is 0.503 e. The quantitative estimate of drug-likeness (QED) is 0.245. The number of thioether (sulfide) groups is 1.